The van der Waals surface area contributed by atoms with Crippen LogP contribution in [-0.4, -0.2) is 42.0 Å². The van der Waals surface area contributed by atoms with Gasteiger partial charge in [0.05, 0.1) is 5.69 Å². The lowest BCUT2D eigenvalue weighted by atomic mass is 10.2. The van der Waals surface area contributed by atoms with Crippen molar-refractivity contribution in [2.45, 2.75) is 19.8 Å². The average molecular weight is 368 g/mol. The highest BCUT2D eigenvalue weighted by Crippen LogP contribution is 2.31. The molecule has 7 heteroatoms. The molecule has 4 nitrogen and oxygen atoms in total. The van der Waals surface area contributed by atoms with E-state index in [2.05, 4.69) is 15.2 Å². The van der Waals surface area contributed by atoms with E-state index in [1.807, 2.05) is 0 Å². The summed E-state index contributed by atoms with van der Waals surface area (Å²) in [5.74, 6) is -0.581. The normalized spacial score (nSPS) is 15.0. The Morgan fingerprint density at radius 1 is 1.42 bits per heavy atom. The first kappa shape index (κ1) is 17.3. The van der Waals surface area contributed by atoms with Crippen molar-refractivity contribution in [3.8, 4) is 10.6 Å². The number of carbonyl (C=O) groups is 1. The van der Waals surface area contributed by atoms with Crippen molar-refractivity contribution in [2.24, 2.45) is 0 Å². The monoisotopic (exact) mass is 367 g/mol. The van der Waals surface area contributed by atoms with Crippen molar-refractivity contribution in [1.82, 2.24) is 15.2 Å². The average Bonchev–Trinajstić information content (AvgIpc) is 3.17. The molecule has 24 heavy (non-hydrogen) atoms. The molecule has 0 spiro atoms. The SMILES string of the molecule is Cc1nc(-c2ccc(Cl)cc2F)sc1C(=O)NCCN1CCCC1. The maximum Gasteiger partial charge on any atom is 0.263 e. The van der Waals surface area contributed by atoms with Crippen LogP contribution in [0, 0.1) is 12.7 Å². The van der Waals surface area contributed by atoms with Crippen molar-refractivity contribution in [2.75, 3.05) is 26.2 Å². The van der Waals surface area contributed by atoms with Gasteiger partial charge >= 0.3 is 0 Å². The van der Waals surface area contributed by atoms with Crippen molar-refractivity contribution in [3.05, 3.63) is 39.6 Å². The fourth-order valence-corrected chi connectivity index (χ4v) is 3.97. The molecule has 1 saturated heterocycles. The molecular weight excluding hydrogens is 349 g/mol. The number of rotatable bonds is 5. The van der Waals surface area contributed by atoms with E-state index in [9.17, 15) is 9.18 Å². The van der Waals surface area contributed by atoms with Gasteiger partial charge in [-0.05, 0) is 51.1 Å². The van der Waals surface area contributed by atoms with Crippen LogP contribution in [0.2, 0.25) is 5.02 Å². The maximum absolute atomic E-state index is 14.0. The highest BCUT2D eigenvalue weighted by atomic mass is 35.5. The zero-order chi connectivity index (χ0) is 17.1. The van der Waals surface area contributed by atoms with Gasteiger partial charge in [0.25, 0.3) is 5.91 Å². The second-order valence-corrected chi connectivity index (χ2v) is 7.30. The number of aryl methyl sites for hydroxylation is 1. The summed E-state index contributed by atoms with van der Waals surface area (Å²) in [7, 11) is 0. The lowest BCUT2D eigenvalue weighted by Gasteiger charge is -2.14. The van der Waals surface area contributed by atoms with Crippen molar-refractivity contribution < 1.29 is 9.18 Å². The van der Waals surface area contributed by atoms with E-state index >= 15 is 0 Å². The van der Waals surface area contributed by atoms with Crippen molar-refractivity contribution in [1.29, 1.82) is 0 Å². The third kappa shape index (κ3) is 3.94. The summed E-state index contributed by atoms with van der Waals surface area (Å²) in [6, 6.07) is 4.46. The second kappa shape index (κ2) is 7.59. The Balaban J connectivity index is 1.67. The number of hydrogen-bond acceptors (Lipinski definition) is 4. The molecule has 3 rings (SSSR count). The molecule has 0 radical (unpaired) electrons. The molecular formula is C17H19ClFN3OS. The number of benzene rings is 1. The van der Waals surface area contributed by atoms with Crippen LogP contribution in [0.4, 0.5) is 4.39 Å². The molecule has 1 N–H and O–H groups in total. The van der Waals surface area contributed by atoms with Crippen LogP contribution in [0.3, 0.4) is 0 Å². The minimum absolute atomic E-state index is 0.148. The zero-order valence-electron chi connectivity index (χ0n) is 13.4. The molecule has 128 valence electrons. The lowest BCUT2D eigenvalue weighted by molar-refractivity contribution is 0.0953. The van der Waals surface area contributed by atoms with Gasteiger partial charge in [0.15, 0.2) is 0 Å². The second-order valence-electron chi connectivity index (χ2n) is 5.86. The topological polar surface area (TPSA) is 45.2 Å². The van der Waals surface area contributed by atoms with Crippen LogP contribution in [0.15, 0.2) is 18.2 Å². The van der Waals surface area contributed by atoms with E-state index in [0.717, 1.165) is 19.6 Å². The van der Waals surface area contributed by atoms with Gasteiger partial charge in [-0.2, -0.15) is 0 Å². The van der Waals surface area contributed by atoms with E-state index in [4.69, 9.17) is 11.6 Å². The van der Waals surface area contributed by atoms with Gasteiger partial charge in [0.2, 0.25) is 0 Å². The third-order valence-corrected chi connectivity index (χ3v) is 5.50. The number of aromatic nitrogens is 1. The minimum Gasteiger partial charge on any atom is -0.350 e. The molecule has 0 atom stereocenters. The minimum atomic E-state index is -0.433. The Hall–Kier alpha value is -1.50. The number of carbonyl (C=O) groups excluding carboxylic acids is 1. The fraction of sp³-hybridized carbons (Fsp3) is 0.412. The lowest BCUT2D eigenvalue weighted by Crippen LogP contribution is -2.33. The number of amides is 1. The van der Waals surface area contributed by atoms with E-state index in [1.165, 1.54) is 30.2 Å². The Morgan fingerprint density at radius 3 is 2.88 bits per heavy atom. The summed E-state index contributed by atoms with van der Waals surface area (Å²) in [6.45, 7) is 5.46. The first-order valence-electron chi connectivity index (χ1n) is 7.98. The van der Waals surface area contributed by atoms with Gasteiger partial charge in [-0.3, -0.25) is 4.79 Å². The van der Waals surface area contributed by atoms with Crippen LogP contribution < -0.4 is 5.32 Å². The smallest absolute Gasteiger partial charge is 0.263 e. The van der Waals surface area contributed by atoms with Gasteiger partial charge < -0.3 is 10.2 Å². The first-order chi connectivity index (χ1) is 11.5. The number of nitrogens with one attached hydrogen (secondary N) is 1. The predicted molar refractivity (Wildman–Crippen MR) is 95.3 cm³/mol. The molecule has 0 bridgehead atoms. The van der Waals surface area contributed by atoms with E-state index < -0.39 is 5.82 Å². The molecule has 0 saturated carbocycles. The largest absolute Gasteiger partial charge is 0.350 e. The molecule has 2 heterocycles. The summed E-state index contributed by atoms with van der Waals surface area (Å²) in [5, 5.41) is 3.76. The third-order valence-electron chi connectivity index (χ3n) is 4.08. The quantitative estimate of drug-likeness (QED) is 0.875. The molecule has 2 aromatic rings. The van der Waals surface area contributed by atoms with Crippen molar-refractivity contribution in [3.63, 3.8) is 0 Å². The summed E-state index contributed by atoms with van der Waals surface area (Å²) in [6.07, 6.45) is 2.47. The predicted octanol–water partition coefficient (Wildman–Crippen LogP) is 3.74. The number of nitrogens with zero attached hydrogens (tertiary/aromatic N) is 2. The van der Waals surface area contributed by atoms with Gasteiger partial charge in [-0.15, -0.1) is 11.3 Å². The maximum atomic E-state index is 14.0. The standard InChI is InChI=1S/C17H19ClFN3OS/c1-11-15(16(23)20-6-9-22-7-2-3-8-22)24-17(21-11)13-5-4-12(18)10-14(13)19/h4-5,10H,2-3,6-9H2,1H3,(H,20,23). The molecule has 0 aliphatic carbocycles. The molecule has 1 aliphatic heterocycles. The summed E-state index contributed by atoms with van der Waals surface area (Å²) < 4.78 is 14.0. The van der Waals surface area contributed by atoms with Crippen LogP contribution >= 0.6 is 22.9 Å². The number of thiazole rings is 1. The number of likely N-dealkylation sites (tertiary alicyclic amines) is 1. The first-order valence-corrected chi connectivity index (χ1v) is 9.17. The molecule has 1 fully saturated rings. The van der Waals surface area contributed by atoms with Crippen LogP contribution in [0.1, 0.15) is 28.2 Å². The van der Waals surface area contributed by atoms with E-state index in [1.54, 1.807) is 19.1 Å². The van der Waals surface area contributed by atoms with Crippen LogP contribution in [0.5, 0.6) is 0 Å². The Kier molecular flexibility index (Phi) is 5.48. The summed E-state index contributed by atoms with van der Waals surface area (Å²) >= 11 is 6.98. The fourth-order valence-electron chi connectivity index (χ4n) is 2.80. The van der Waals surface area contributed by atoms with E-state index in [-0.39, 0.29) is 5.91 Å². The van der Waals surface area contributed by atoms with Crippen LogP contribution in [0.25, 0.3) is 10.6 Å². The molecule has 1 aliphatic rings. The van der Waals surface area contributed by atoms with Gasteiger partial charge in [-0.1, -0.05) is 11.6 Å². The van der Waals surface area contributed by atoms with Crippen molar-refractivity contribution >= 4 is 28.8 Å². The highest BCUT2D eigenvalue weighted by molar-refractivity contribution is 7.17. The highest BCUT2D eigenvalue weighted by Gasteiger charge is 2.18. The van der Waals surface area contributed by atoms with Crippen LogP contribution in [-0.2, 0) is 0 Å². The van der Waals surface area contributed by atoms with Gasteiger partial charge in [0, 0.05) is 23.7 Å². The number of halogens is 2. The Labute approximate surface area is 149 Å². The van der Waals surface area contributed by atoms with Gasteiger partial charge in [-0.25, -0.2) is 9.37 Å². The number of hydrogen-bond donors (Lipinski definition) is 1. The summed E-state index contributed by atoms with van der Waals surface area (Å²) in [5.41, 5.74) is 0.978. The molecule has 0 unspecified atom stereocenters. The van der Waals surface area contributed by atoms with Gasteiger partial charge in [0.1, 0.15) is 15.7 Å². The summed E-state index contributed by atoms with van der Waals surface area (Å²) in [4.78, 5) is 19.6. The molecule has 1 aromatic carbocycles. The van der Waals surface area contributed by atoms with E-state index in [0.29, 0.717) is 32.7 Å². The Morgan fingerprint density at radius 2 is 2.17 bits per heavy atom. The molecule has 1 aromatic heterocycles. The molecule has 1 amide bonds. The Bertz CT molecular complexity index is 743. The zero-order valence-corrected chi connectivity index (χ0v) is 15.0.